The molecule has 0 aromatic heterocycles. The van der Waals surface area contributed by atoms with Gasteiger partial charge in [0.2, 0.25) is 0 Å². The molecule has 1 aromatic rings. The molecule has 0 heterocycles. The topological polar surface area (TPSA) is 93.7 Å². The molecule has 7 nitrogen and oxygen atoms in total. The summed E-state index contributed by atoms with van der Waals surface area (Å²) >= 11 is 0. The Morgan fingerprint density at radius 2 is 1.59 bits per heavy atom. The number of hydrogen-bond acceptors (Lipinski definition) is 5. The summed E-state index contributed by atoms with van der Waals surface area (Å²) in [6.07, 6.45) is -1.44. The van der Waals surface area contributed by atoms with Gasteiger partial charge in [-0.25, -0.2) is 4.79 Å². The fourth-order valence-corrected chi connectivity index (χ4v) is 2.56. The fourth-order valence-electron chi connectivity index (χ4n) is 2.56. The van der Waals surface area contributed by atoms with Gasteiger partial charge >= 0.3 is 12.1 Å². The number of carbonyl (C=O) groups is 3. The first-order valence-electron chi connectivity index (χ1n) is 9.85. The minimum atomic E-state index is -1.18. The van der Waals surface area contributed by atoms with Crippen molar-refractivity contribution in [2.45, 2.75) is 84.6 Å². The van der Waals surface area contributed by atoms with Crippen LogP contribution in [-0.4, -0.2) is 41.3 Å². The quantitative estimate of drug-likeness (QED) is 0.677. The van der Waals surface area contributed by atoms with E-state index in [1.165, 1.54) is 0 Å². The summed E-state index contributed by atoms with van der Waals surface area (Å²) in [7, 11) is 0. The molecule has 2 amide bonds. The number of esters is 1. The van der Waals surface area contributed by atoms with Crippen LogP contribution in [0.2, 0.25) is 0 Å². The third-order valence-electron chi connectivity index (χ3n) is 3.71. The van der Waals surface area contributed by atoms with Gasteiger partial charge in [-0.05, 0) is 53.5 Å². The zero-order valence-electron chi connectivity index (χ0n) is 18.5. The monoisotopic (exact) mass is 406 g/mol. The second-order valence-corrected chi connectivity index (χ2v) is 8.97. The molecule has 162 valence electrons. The first kappa shape index (κ1) is 24.5. The summed E-state index contributed by atoms with van der Waals surface area (Å²) in [5, 5.41) is 5.48. The van der Waals surface area contributed by atoms with E-state index in [4.69, 9.17) is 9.47 Å². The minimum absolute atomic E-state index is 0.0308. The summed E-state index contributed by atoms with van der Waals surface area (Å²) in [4.78, 5) is 37.5. The van der Waals surface area contributed by atoms with Gasteiger partial charge in [-0.1, -0.05) is 37.3 Å². The number of amides is 2. The fraction of sp³-hybridized carbons (Fsp3) is 0.591. The Hall–Kier alpha value is -2.57. The zero-order valence-corrected chi connectivity index (χ0v) is 18.5. The summed E-state index contributed by atoms with van der Waals surface area (Å²) in [5.74, 6) is -1.02. The number of nitrogens with one attached hydrogen (secondary N) is 2. The van der Waals surface area contributed by atoms with Crippen molar-refractivity contribution in [2.24, 2.45) is 0 Å². The SMILES string of the molecule is CC[C@H](NC(=O)OC(C)(C)C)C(OC(=O)Cc1ccccc1)C(=O)NC(C)(C)C. The number of hydrogen-bond donors (Lipinski definition) is 2. The molecule has 1 rings (SSSR count). The molecular weight excluding hydrogens is 372 g/mol. The van der Waals surface area contributed by atoms with Crippen molar-refractivity contribution in [3.8, 4) is 0 Å². The molecule has 0 aliphatic carbocycles. The second kappa shape index (κ2) is 10.3. The second-order valence-electron chi connectivity index (χ2n) is 8.97. The molecule has 2 N–H and O–H groups in total. The summed E-state index contributed by atoms with van der Waals surface area (Å²) < 4.78 is 10.8. The van der Waals surface area contributed by atoms with E-state index in [0.717, 1.165) is 5.56 Å². The number of carbonyl (C=O) groups excluding carboxylic acids is 3. The van der Waals surface area contributed by atoms with Crippen LogP contribution in [0.5, 0.6) is 0 Å². The molecule has 1 unspecified atom stereocenters. The molecular formula is C22H34N2O5. The molecule has 0 fully saturated rings. The van der Waals surface area contributed by atoms with Gasteiger partial charge in [-0.3, -0.25) is 9.59 Å². The molecule has 2 atom stereocenters. The molecule has 0 aliphatic rings. The Morgan fingerprint density at radius 3 is 2.07 bits per heavy atom. The predicted molar refractivity (Wildman–Crippen MR) is 111 cm³/mol. The predicted octanol–water partition coefficient (Wildman–Crippen LogP) is 3.36. The minimum Gasteiger partial charge on any atom is -0.450 e. The summed E-state index contributed by atoms with van der Waals surface area (Å²) in [6, 6.07) is 8.39. The van der Waals surface area contributed by atoms with Crippen LogP contribution in [-0.2, 0) is 25.5 Å². The largest absolute Gasteiger partial charge is 0.450 e. The number of rotatable bonds is 7. The van der Waals surface area contributed by atoms with Crippen LogP contribution < -0.4 is 10.6 Å². The maximum Gasteiger partial charge on any atom is 0.408 e. The lowest BCUT2D eigenvalue weighted by Gasteiger charge is -2.30. The van der Waals surface area contributed by atoms with E-state index < -0.39 is 41.3 Å². The van der Waals surface area contributed by atoms with Crippen molar-refractivity contribution in [1.82, 2.24) is 10.6 Å². The Balaban J connectivity index is 2.96. The average molecular weight is 407 g/mol. The molecule has 0 aliphatic heterocycles. The van der Waals surface area contributed by atoms with Gasteiger partial charge in [-0.15, -0.1) is 0 Å². The molecule has 0 saturated heterocycles. The van der Waals surface area contributed by atoms with E-state index in [-0.39, 0.29) is 6.42 Å². The maximum atomic E-state index is 12.8. The molecule has 0 bridgehead atoms. The van der Waals surface area contributed by atoms with Crippen molar-refractivity contribution in [2.75, 3.05) is 0 Å². The van der Waals surface area contributed by atoms with Crippen LogP contribution >= 0.6 is 0 Å². The summed E-state index contributed by atoms with van der Waals surface area (Å²) in [6.45, 7) is 12.5. The number of alkyl carbamates (subject to hydrolysis) is 1. The Labute approximate surface area is 173 Å². The van der Waals surface area contributed by atoms with Crippen molar-refractivity contribution in [3.63, 3.8) is 0 Å². The number of benzene rings is 1. The molecule has 29 heavy (non-hydrogen) atoms. The van der Waals surface area contributed by atoms with E-state index in [9.17, 15) is 14.4 Å². The Bertz CT molecular complexity index is 689. The van der Waals surface area contributed by atoms with E-state index in [1.54, 1.807) is 27.7 Å². The lowest BCUT2D eigenvalue weighted by atomic mass is 10.0. The van der Waals surface area contributed by atoms with E-state index in [1.807, 2.05) is 51.1 Å². The maximum absolute atomic E-state index is 12.8. The molecule has 0 radical (unpaired) electrons. The molecule has 0 saturated carbocycles. The van der Waals surface area contributed by atoms with Gasteiger partial charge < -0.3 is 20.1 Å². The average Bonchev–Trinajstić information content (AvgIpc) is 2.55. The van der Waals surface area contributed by atoms with Gasteiger partial charge in [0.1, 0.15) is 5.60 Å². The Kier molecular flexibility index (Phi) is 8.67. The summed E-state index contributed by atoms with van der Waals surface area (Å²) in [5.41, 5.74) is -0.429. The van der Waals surface area contributed by atoms with Crippen LogP contribution in [0.25, 0.3) is 0 Å². The van der Waals surface area contributed by atoms with Gasteiger partial charge in [0.15, 0.2) is 6.10 Å². The van der Waals surface area contributed by atoms with Crippen LogP contribution in [0.15, 0.2) is 30.3 Å². The Morgan fingerprint density at radius 1 is 1.00 bits per heavy atom. The molecule has 1 aromatic carbocycles. The lowest BCUT2D eigenvalue weighted by Crippen LogP contribution is -2.56. The molecule has 0 spiro atoms. The van der Waals surface area contributed by atoms with Crippen molar-refractivity contribution >= 4 is 18.0 Å². The first-order chi connectivity index (χ1) is 13.3. The smallest absolute Gasteiger partial charge is 0.408 e. The third kappa shape index (κ3) is 9.96. The third-order valence-corrected chi connectivity index (χ3v) is 3.71. The van der Waals surface area contributed by atoms with Gasteiger partial charge in [0.05, 0.1) is 12.5 Å². The van der Waals surface area contributed by atoms with Crippen LogP contribution in [0.1, 0.15) is 60.5 Å². The normalized spacial score (nSPS) is 13.8. The van der Waals surface area contributed by atoms with Crippen molar-refractivity contribution < 1.29 is 23.9 Å². The first-order valence-corrected chi connectivity index (χ1v) is 9.85. The standard InChI is InChI=1S/C22H34N2O5/c1-8-16(23-20(27)29-22(5,6)7)18(19(26)24-21(2,3)4)28-17(25)14-15-12-10-9-11-13-15/h9-13,16,18H,8,14H2,1-7H3,(H,23,27)(H,24,26)/t16-,18?/m0/s1. The zero-order chi connectivity index (χ0) is 22.2. The van der Waals surface area contributed by atoms with Crippen LogP contribution in [0, 0.1) is 0 Å². The van der Waals surface area contributed by atoms with E-state index in [2.05, 4.69) is 10.6 Å². The van der Waals surface area contributed by atoms with Gasteiger partial charge in [0, 0.05) is 5.54 Å². The van der Waals surface area contributed by atoms with Crippen molar-refractivity contribution in [1.29, 1.82) is 0 Å². The van der Waals surface area contributed by atoms with Crippen molar-refractivity contribution in [3.05, 3.63) is 35.9 Å². The highest BCUT2D eigenvalue weighted by atomic mass is 16.6. The molecule has 7 heteroatoms. The van der Waals surface area contributed by atoms with Crippen LogP contribution in [0.4, 0.5) is 4.79 Å². The van der Waals surface area contributed by atoms with Crippen LogP contribution in [0.3, 0.4) is 0 Å². The van der Waals surface area contributed by atoms with E-state index in [0.29, 0.717) is 6.42 Å². The number of ether oxygens (including phenoxy) is 2. The van der Waals surface area contributed by atoms with Gasteiger partial charge in [-0.2, -0.15) is 0 Å². The lowest BCUT2D eigenvalue weighted by molar-refractivity contribution is -0.157. The van der Waals surface area contributed by atoms with E-state index >= 15 is 0 Å². The van der Waals surface area contributed by atoms with Gasteiger partial charge in [0.25, 0.3) is 5.91 Å². The highest BCUT2D eigenvalue weighted by Gasteiger charge is 2.35. The highest BCUT2D eigenvalue weighted by Crippen LogP contribution is 2.13. The highest BCUT2D eigenvalue weighted by molar-refractivity contribution is 5.86.